The van der Waals surface area contributed by atoms with E-state index in [2.05, 4.69) is 24.0 Å². The van der Waals surface area contributed by atoms with Gasteiger partial charge in [0.1, 0.15) is 0 Å². The third-order valence-corrected chi connectivity index (χ3v) is 3.14. The van der Waals surface area contributed by atoms with Gasteiger partial charge < -0.3 is 0 Å². The summed E-state index contributed by atoms with van der Waals surface area (Å²) in [5, 5.41) is 0.852. The van der Waals surface area contributed by atoms with Crippen molar-refractivity contribution in [2.24, 2.45) is 0 Å². The van der Waals surface area contributed by atoms with E-state index in [1.54, 1.807) is 0 Å². The summed E-state index contributed by atoms with van der Waals surface area (Å²) in [6.07, 6.45) is 2.69. The second-order valence-corrected chi connectivity index (χ2v) is 4.49. The molecule has 1 heterocycles. The summed E-state index contributed by atoms with van der Waals surface area (Å²) in [6, 6.07) is 6.16. The van der Waals surface area contributed by atoms with Crippen molar-refractivity contribution >= 4 is 11.6 Å². The van der Waals surface area contributed by atoms with Gasteiger partial charge in [0.05, 0.1) is 0 Å². The fourth-order valence-electron chi connectivity index (χ4n) is 1.99. The second-order valence-electron chi connectivity index (χ2n) is 4.05. The van der Waals surface area contributed by atoms with Gasteiger partial charge in [-0.3, -0.25) is 4.90 Å². The highest BCUT2D eigenvalue weighted by Crippen LogP contribution is 2.19. The van der Waals surface area contributed by atoms with Crippen LogP contribution in [-0.2, 0) is 6.54 Å². The van der Waals surface area contributed by atoms with Crippen molar-refractivity contribution in [2.75, 3.05) is 13.1 Å². The molecule has 1 aromatic carbocycles. The molecule has 1 aliphatic heterocycles. The van der Waals surface area contributed by atoms with Gasteiger partial charge in [0.2, 0.25) is 0 Å². The lowest BCUT2D eigenvalue weighted by Crippen LogP contribution is -2.18. The topological polar surface area (TPSA) is 3.24 Å². The SMILES string of the molecule is CC.Cc1ccc(Cl)cc1CN1CCCC1. The molecule has 1 nitrogen and oxygen atoms in total. The zero-order valence-corrected chi connectivity index (χ0v) is 11.3. The number of aryl methyl sites for hydroxylation is 1. The van der Waals surface area contributed by atoms with E-state index in [1.165, 1.54) is 37.1 Å². The fourth-order valence-corrected chi connectivity index (χ4v) is 2.19. The van der Waals surface area contributed by atoms with Crippen LogP contribution in [0, 0.1) is 6.92 Å². The Labute approximate surface area is 104 Å². The van der Waals surface area contributed by atoms with Gasteiger partial charge >= 0.3 is 0 Å². The van der Waals surface area contributed by atoms with E-state index in [0.717, 1.165) is 11.6 Å². The molecule has 0 bridgehead atoms. The summed E-state index contributed by atoms with van der Waals surface area (Å²) in [7, 11) is 0. The Balaban J connectivity index is 0.000000606. The predicted octanol–water partition coefficient (Wildman–Crippen LogP) is 4.27. The van der Waals surface area contributed by atoms with Crippen molar-refractivity contribution in [2.45, 2.75) is 40.2 Å². The number of hydrogen-bond donors (Lipinski definition) is 0. The maximum atomic E-state index is 5.98. The maximum Gasteiger partial charge on any atom is 0.0409 e. The lowest BCUT2D eigenvalue weighted by atomic mass is 10.1. The second kappa shape index (κ2) is 6.93. The molecular formula is C14H22ClN. The molecule has 0 aromatic heterocycles. The normalized spacial score (nSPS) is 15.8. The van der Waals surface area contributed by atoms with Crippen molar-refractivity contribution in [3.8, 4) is 0 Å². The van der Waals surface area contributed by atoms with Crippen LogP contribution in [0.1, 0.15) is 37.8 Å². The van der Waals surface area contributed by atoms with Crippen LogP contribution in [-0.4, -0.2) is 18.0 Å². The molecule has 90 valence electrons. The third kappa shape index (κ3) is 3.80. The van der Waals surface area contributed by atoms with Crippen molar-refractivity contribution in [3.63, 3.8) is 0 Å². The average molecular weight is 240 g/mol. The molecule has 0 aliphatic carbocycles. The van der Waals surface area contributed by atoms with Crippen LogP contribution in [0.3, 0.4) is 0 Å². The molecule has 2 heteroatoms. The Morgan fingerprint density at radius 1 is 1.19 bits per heavy atom. The van der Waals surface area contributed by atoms with Crippen LogP contribution in [0.25, 0.3) is 0 Å². The molecule has 1 aromatic rings. The lowest BCUT2D eigenvalue weighted by Gasteiger charge is -2.16. The molecule has 1 saturated heterocycles. The quantitative estimate of drug-likeness (QED) is 0.745. The van der Waals surface area contributed by atoms with Gasteiger partial charge in [-0.15, -0.1) is 0 Å². The Morgan fingerprint density at radius 3 is 2.44 bits per heavy atom. The number of halogens is 1. The molecule has 0 atom stereocenters. The van der Waals surface area contributed by atoms with Gasteiger partial charge in [-0.1, -0.05) is 31.5 Å². The number of rotatable bonds is 2. The lowest BCUT2D eigenvalue weighted by molar-refractivity contribution is 0.331. The zero-order chi connectivity index (χ0) is 12.0. The molecule has 0 unspecified atom stereocenters. The van der Waals surface area contributed by atoms with Gasteiger partial charge in [-0.05, 0) is 56.1 Å². The average Bonchev–Trinajstić information content (AvgIpc) is 2.79. The number of likely N-dealkylation sites (tertiary alicyclic amines) is 1. The van der Waals surface area contributed by atoms with E-state index in [0.29, 0.717) is 0 Å². The van der Waals surface area contributed by atoms with Crippen molar-refractivity contribution < 1.29 is 0 Å². The van der Waals surface area contributed by atoms with E-state index in [1.807, 2.05) is 19.9 Å². The predicted molar refractivity (Wildman–Crippen MR) is 72.0 cm³/mol. The Hall–Kier alpha value is -0.530. The Bertz CT molecular complexity index is 317. The molecule has 1 aliphatic rings. The molecular weight excluding hydrogens is 218 g/mol. The molecule has 16 heavy (non-hydrogen) atoms. The highest BCUT2D eigenvalue weighted by molar-refractivity contribution is 6.30. The van der Waals surface area contributed by atoms with Gasteiger partial charge in [-0.2, -0.15) is 0 Å². The van der Waals surface area contributed by atoms with Crippen LogP contribution in [0.2, 0.25) is 5.02 Å². The summed E-state index contributed by atoms with van der Waals surface area (Å²) in [4.78, 5) is 2.50. The van der Waals surface area contributed by atoms with Gasteiger partial charge in [0.25, 0.3) is 0 Å². The highest BCUT2D eigenvalue weighted by Gasteiger charge is 2.12. The monoisotopic (exact) mass is 239 g/mol. The van der Waals surface area contributed by atoms with E-state index < -0.39 is 0 Å². The molecule has 0 radical (unpaired) electrons. The molecule has 0 amide bonds. The number of benzene rings is 1. The minimum absolute atomic E-state index is 0.852. The molecule has 0 spiro atoms. The fraction of sp³-hybridized carbons (Fsp3) is 0.571. The maximum absolute atomic E-state index is 5.98. The molecule has 2 rings (SSSR count). The summed E-state index contributed by atoms with van der Waals surface area (Å²) < 4.78 is 0. The minimum atomic E-state index is 0.852. The first kappa shape index (κ1) is 13.5. The zero-order valence-electron chi connectivity index (χ0n) is 10.6. The summed E-state index contributed by atoms with van der Waals surface area (Å²) in [5.74, 6) is 0. The van der Waals surface area contributed by atoms with Crippen LogP contribution < -0.4 is 0 Å². The number of nitrogens with zero attached hydrogens (tertiary/aromatic N) is 1. The van der Waals surface area contributed by atoms with E-state index in [-0.39, 0.29) is 0 Å². The smallest absolute Gasteiger partial charge is 0.0409 e. The van der Waals surface area contributed by atoms with E-state index in [9.17, 15) is 0 Å². The standard InChI is InChI=1S/C12H16ClN.C2H6/c1-10-4-5-12(13)8-11(10)9-14-6-2-3-7-14;1-2/h4-5,8H,2-3,6-7,9H2,1H3;1-2H3. The first-order chi connectivity index (χ1) is 7.75. The van der Waals surface area contributed by atoms with Gasteiger partial charge in [0.15, 0.2) is 0 Å². The van der Waals surface area contributed by atoms with Crippen LogP contribution in [0.4, 0.5) is 0 Å². The largest absolute Gasteiger partial charge is 0.299 e. The van der Waals surface area contributed by atoms with Crippen molar-refractivity contribution in [3.05, 3.63) is 34.3 Å². The van der Waals surface area contributed by atoms with Gasteiger partial charge in [-0.25, -0.2) is 0 Å². The summed E-state index contributed by atoms with van der Waals surface area (Å²) in [5.41, 5.74) is 2.72. The van der Waals surface area contributed by atoms with Gasteiger partial charge in [0, 0.05) is 11.6 Å². The number of hydrogen-bond acceptors (Lipinski definition) is 1. The first-order valence-electron chi connectivity index (χ1n) is 6.23. The van der Waals surface area contributed by atoms with Crippen LogP contribution >= 0.6 is 11.6 Å². The van der Waals surface area contributed by atoms with Crippen LogP contribution in [0.5, 0.6) is 0 Å². The van der Waals surface area contributed by atoms with Crippen molar-refractivity contribution in [1.82, 2.24) is 4.90 Å². The third-order valence-electron chi connectivity index (χ3n) is 2.90. The van der Waals surface area contributed by atoms with E-state index >= 15 is 0 Å². The van der Waals surface area contributed by atoms with Crippen LogP contribution in [0.15, 0.2) is 18.2 Å². The highest BCUT2D eigenvalue weighted by atomic mass is 35.5. The Kier molecular flexibility index (Phi) is 5.86. The van der Waals surface area contributed by atoms with Crippen molar-refractivity contribution in [1.29, 1.82) is 0 Å². The Morgan fingerprint density at radius 2 is 1.81 bits per heavy atom. The summed E-state index contributed by atoms with van der Waals surface area (Å²) >= 11 is 5.98. The van der Waals surface area contributed by atoms with E-state index in [4.69, 9.17) is 11.6 Å². The first-order valence-corrected chi connectivity index (χ1v) is 6.61. The molecule has 0 saturated carbocycles. The minimum Gasteiger partial charge on any atom is -0.299 e. The molecule has 1 fully saturated rings. The molecule has 0 N–H and O–H groups in total. The summed E-state index contributed by atoms with van der Waals surface area (Å²) in [6.45, 7) is 9.70.